The van der Waals surface area contributed by atoms with Crippen molar-refractivity contribution < 1.29 is 14.3 Å². The van der Waals surface area contributed by atoms with Crippen LogP contribution >= 0.6 is 0 Å². The van der Waals surface area contributed by atoms with Crippen LogP contribution in [0.4, 0.5) is 0 Å². The molecule has 0 spiro atoms. The van der Waals surface area contributed by atoms with E-state index in [0.29, 0.717) is 25.7 Å². The molecule has 2 unspecified atom stereocenters. The summed E-state index contributed by atoms with van der Waals surface area (Å²) in [6.07, 6.45) is 1.10. The van der Waals surface area contributed by atoms with Gasteiger partial charge in [-0.2, -0.15) is 0 Å². The van der Waals surface area contributed by atoms with Crippen molar-refractivity contribution in [2.45, 2.75) is 25.0 Å². The summed E-state index contributed by atoms with van der Waals surface area (Å²) in [4.78, 5) is 17.3. The number of hydrogen-bond donors (Lipinski definition) is 0. The topological polar surface area (TPSA) is 42.0 Å². The Morgan fingerprint density at radius 1 is 1.21 bits per heavy atom. The largest absolute Gasteiger partial charge is 0.380 e. The summed E-state index contributed by atoms with van der Waals surface area (Å²) in [6, 6.07) is 10.7. The zero-order valence-corrected chi connectivity index (χ0v) is 14.3. The Balaban J connectivity index is 1.37. The Bertz CT molecular complexity index is 582. The molecule has 3 heterocycles. The third-order valence-corrected chi connectivity index (χ3v) is 5.65. The normalized spacial score (nSPS) is 31.9. The summed E-state index contributed by atoms with van der Waals surface area (Å²) in [5.41, 5.74) is 0.735. The number of likely N-dealkylation sites (tertiary alicyclic amines) is 1. The lowest BCUT2D eigenvalue weighted by Crippen LogP contribution is -2.60. The molecule has 0 aromatic heterocycles. The molecule has 24 heavy (non-hydrogen) atoms. The fourth-order valence-electron chi connectivity index (χ4n) is 4.06. The molecular formula is C19H26N2O3. The Labute approximate surface area is 143 Å². The zero-order chi connectivity index (χ0) is 16.6. The minimum absolute atomic E-state index is 0.142. The van der Waals surface area contributed by atoms with E-state index in [1.807, 2.05) is 23.1 Å². The average molecular weight is 330 g/mol. The van der Waals surface area contributed by atoms with Gasteiger partial charge in [0.15, 0.2) is 0 Å². The lowest BCUT2D eigenvalue weighted by molar-refractivity contribution is -0.159. The van der Waals surface area contributed by atoms with Gasteiger partial charge in [-0.1, -0.05) is 30.3 Å². The van der Waals surface area contributed by atoms with Gasteiger partial charge < -0.3 is 14.4 Å². The maximum Gasteiger partial charge on any atom is 0.228 e. The van der Waals surface area contributed by atoms with Crippen LogP contribution in [0.3, 0.4) is 0 Å². The van der Waals surface area contributed by atoms with Crippen LogP contribution < -0.4 is 0 Å². The van der Waals surface area contributed by atoms with Crippen LogP contribution in [0.15, 0.2) is 30.3 Å². The van der Waals surface area contributed by atoms with Crippen molar-refractivity contribution in [3.8, 4) is 0 Å². The third kappa shape index (κ3) is 2.96. The van der Waals surface area contributed by atoms with E-state index in [2.05, 4.69) is 24.0 Å². The standard InChI is InChI=1S/C19H26N2O3/c1-19(16-5-3-2-4-6-16)14-20(8-10-24-19)18(22)15-11-21(12-15)17-7-9-23-13-17/h2-6,15,17H,7-14H2,1H3. The molecule has 3 fully saturated rings. The molecule has 0 N–H and O–H groups in total. The molecule has 3 aliphatic heterocycles. The number of nitrogens with zero attached hydrogens (tertiary/aromatic N) is 2. The average Bonchev–Trinajstić information content (AvgIpc) is 3.08. The van der Waals surface area contributed by atoms with Crippen molar-refractivity contribution in [1.82, 2.24) is 9.80 Å². The van der Waals surface area contributed by atoms with Gasteiger partial charge in [-0.3, -0.25) is 9.69 Å². The highest BCUT2D eigenvalue weighted by molar-refractivity contribution is 5.80. The molecule has 3 saturated heterocycles. The van der Waals surface area contributed by atoms with Gasteiger partial charge in [0.05, 0.1) is 25.7 Å². The second kappa shape index (κ2) is 6.47. The third-order valence-electron chi connectivity index (χ3n) is 5.65. The van der Waals surface area contributed by atoms with E-state index in [0.717, 1.165) is 38.3 Å². The molecule has 4 rings (SSSR count). The predicted octanol–water partition coefficient (Wildman–Crippen LogP) is 1.48. The van der Waals surface area contributed by atoms with Gasteiger partial charge in [0.1, 0.15) is 5.60 Å². The first-order valence-corrected chi connectivity index (χ1v) is 8.96. The molecule has 0 bridgehead atoms. The second-order valence-corrected chi connectivity index (χ2v) is 7.37. The van der Waals surface area contributed by atoms with E-state index < -0.39 is 5.60 Å². The number of carbonyl (C=O) groups excluding carboxylic acids is 1. The highest BCUT2D eigenvalue weighted by Gasteiger charge is 2.42. The van der Waals surface area contributed by atoms with Crippen molar-refractivity contribution in [2.24, 2.45) is 5.92 Å². The number of rotatable bonds is 3. The van der Waals surface area contributed by atoms with E-state index in [1.54, 1.807) is 0 Å². The molecule has 130 valence electrons. The first kappa shape index (κ1) is 16.1. The van der Waals surface area contributed by atoms with Crippen LogP contribution in [-0.2, 0) is 19.9 Å². The van der Waals surface area contributed by atoms with Gasteiger partial charge in [0.2, 0.25) is 5.91 Å². The van der Waals surface area contributed by atoms with E-state index >= 15 is 0 Å². The van der Waals surface area contributed by atoms with Crippen molar-refractivity contribution in [3.63, 3.8) is 0 Å². The fourth-order valence-corrected chi connectivity index (χ4v) is 4.06. The van der Waals surface area contributed by atoms with Gasteiger partial charge in [-0.15, -0.1) is 0 Å². The molecule has 5 nitrogen and oxygen atoms in total. The molecule has 0 radical (unpaired) electrons. The maximum atomic E-state index is 12.9. The minimum atomic E-state index is -0.405. The van der Waals surface area contributed by atoms with Gasteiger partial charge >= 0.3 is 0 Å². The van der Waals surface area contributed by atoms with Crippen LogP contribution in [-0.4, -0.2) is 67.7 Å². The van der Waals surface area contributed by atoms with Gasteiger partial charge in [-0.05, 0) is 18.9 Å². The van der Waals surface area contributed by atoms with E-state index in [1.165, 1.54) is 0 Å². The molecule has 3 aliphatic rings. The van der Waals surface area contributed by atoms with Crippen LogP contribution in [0.5, 0.6) is 0 Å². The fraction of sp³-hybridized carbons (Fsp3) is 0.632. The molecule has 1 amide bonds. The first-order chi connectivity index (χ1) is 11.7. The summed E-state index contributed by atoms with van der Waals surface area (Å²) >= 11 is 0. The number of morpholine rings is 1. The monoisotopic (exact) mass is 330 g/mol. The predicted molar refractivity (Wildman–Crippen MR) is 90.6 cm³/mol. The molecule has 0 saturated carbocycles. The van der Waals surface area contributed by atoms with Crippen LogP contribution in [0, 0.1) is 5.92 Å². The van der Waals surface area contributed by atoms with Crippen molar-refractivity contribution >= 4 is 5.91 Å². The van der Waals surface area contributed by atoms with E-state index in [-0.39, 0.29) is 11.8 Å². The van der Waals surface area contributed by atoms with E-state index in [9.17, 15) is 4.79 Å². The van der Waals surface area contributed by atoms with Crippen molar-refractivity contribution in [2.75, 3.05) is 46.0 Å². The van der Waals surface area contributed by atoms with Crippen molar-refractivity contribution in [3.05, 3.63) is 35.9 Å². The second-order valence-electron chi connectivity index (χ2n) is 7.37. The smallest absolute Gasteiger partial charge is 0.228 e. The van der Waals surface area contributed by atoms with Crippen molar-refractivity contribution in [1.29, 1.82) is 0 Å². The molecule has 1 aromatic rings. The lowest BCUT2D eigenvalue weighted by atomic mass is 9.91. The number of amides is 1. The summed E-state index contributed by atoms with van der Waals surface area (Å²) in [5.74, 6) is 0.430. The number of ether oxygens (including phenoxy) is 2. The maximum absolute atomic E-state index is 12.9. The number of carbonyl (C=O) groups is 1. The Morgan fingerprint density at radius 3 is 2.71 bits per heavy atom. The number of hydrogen-bond acceptors (Lipinski definition) is 4. The summed E-state index contributed by atoms with van der Waals surface area (Å²) in [7, 11) is 0. The minimum Gasteiger partial charge on any atom is -0.380 e. The Hall–Kier alpha value is -1.43. The number of benzene rings is 1. The van der Waals surface area contributed by atoms with Crippen LogP contribution in [0.1, 0.15) is 18.9 Å². The highest BCUT2D eigenvalue weighted by atomic mass is 16.5. The van der Waals surface area contributed by atoms with Gasteiger partial charge in [-0.25, -0.2) is 0 Å². The summed E-state index contributed by atoms with van der Waals surface area (Å²) < 4.78 is 11.5. The van der Waals surface area contributed by atoms with Crippen LogP contribution in [0.2, 0.25) is 0 Å². The zero-order valence-electron chi connectivity index (χ0n) is 14.3. The SMILES string of the molecule is CC1(c2ccccc2)CN(C(=O)C2CN(C3CCOC3)C2)CCO1. The quantitative estimate of drug-likeness (QED) is 0.842. The Morgan fingerprint density at radius 2 is 2.00 bits per heavy atom. The van der Waals surface area contributed by atoms with E-state index in [4.69, 9.17) is 9.47 Å². The first-order valence-electron chi connectivity index (χ1n) is 8.96. The Kier molecular flexibility index (Phi) is 4.33. The molecule has 2 atom stereocenters. The summed E-state index contributed by atoms with van der Waals surface area (Å²) in [6.45, 7) is 7.47. The molecular weight excluding hydrogens is 304 g/mol. The highest BCUT2D eigenvalue weighted by Crippen LogP contribution is 2.31. The molecule has 1 aromatic carbocycles. The molecule has 0 aliphatic carbocycles. The van der Waals surface area contributed by atoms with Gasteiger partial charge in [0, 0.05) is 32.3 Å². The van der Waals surface area contributed by atoms with Gasteiger partial charge in [0.25, 0.3) is 0 Å². The molecule has 5 heteroatoms. The lowest BCUT2D eigenvalue weighted by Gasteiger charge is -2.46. The van der Waals surface area contributed by atoms with Crippen LogP contribution in [0.25, 0.3) is 0 Å². The summed E-state index contributed by atoms with van der Waals surface area (Å²) in [5, 5.41) is 0.